The first-order valence-electron chi connectivity index (χ1n) is 8.04. The van der Waals surface area contributed by atoms with Crippen molar-refractivity contribution in [2.45, 2.75) is 51.4 Å². The lowest BCUT2D eigenvalue weighted by atomic mass is 10.1. The van der Waals surface area contributed by atoms with E-state index in [-0.39, 0.29) is 17.5 Å². The van der Waals surface area contributed by atoms with Gasteiger partial charge in [0.15, 0.2) is 0 Å². The highest BCUT2D eigenvalue weighted by molar-refractivity contribution is 7.88. The van der Waals surface area contributed by atoms with Crippen LogP contribution in [-0.2, 0) is 28.7 Å². The van der Waals surface area contributed by atoms with Crippen LogP contribution < -0.4 is 10.4 Å². The van der Waals surface area contributed by atoms with Crippen LogP contribution in [0.25, 0.3) is 0 Å². The Bertz CT molecular complexity index is 898. The zero-order chi connectivity index (χ0) is 17.3. The predicted octanol–water partition coefficient (Wildman–Crippen LogP) is 1.01. The van der Waals surface area contributed by atoms with Crippen molar-refractivity contribution in [3.63, 3.8) is 0 Å². The summed E-state index contributed by atoms with van der Waals surface area (Å²) in [4.78, 5) is 11.6. The smallest absolute Gasteiger partial charge is 0.279 e. The first-order chi connectivity index (χ1) is 11.3. The molecular weight excluding hydrogens is 328 g/mol. The summed E-state index contributed by atoms with van der Waals surface area (Å²) in [6.45, 7) is 4.45. The topological polar surface area (TPSA) is 96.8 Å². The van der Waals surface area contributed by atoms with E-state index >= 15 is 0 Å². The van der Waals surface area contributed by atoms with Crippen LogP contribution in [0.2, 0.25) is 0 Å². The van der Waals surface area contributed by atoms with E-state index in [0.29, 0.717) is 31.6 Å². The van der Waals surface area contributed by atoms with Crippen LogP contribution in [0.3, 0.4) is 0 Å². The number of hydrogen-bond acceptors (Lipinski definition) is 4. The number of sulfonamides is 1. The third-order valence-electron chi connectivity index (χ3n) is 4.53. The Kier molecular flexibility index (Phi) is 4.60. The summed E-state index contributed by atoms with van der Waals surface area (Å²) in [5.41, 5.74) is 2.78. The highest BCUT2D eigenvalue weighted by atomic mass is 32.2. The highest BCUT2D eigenvalue weighted by Gasteiger charge is 2.23. The number of rotatable bonds is 4. The fourth-order valence-corrected chi connectivity index (χ4v) is 4.48. The molecule has 24 heavy (non-hydrogen) atoms. The first kappa shape index (κ1) is 16.9. The van der Waals surface area contributed by atoms with Crippen LogP contribution in [0.4, 0.5) is 0 Å². The lowest BCUT2D eigenvalue weighted by molar-refractivity contribution is 0.493. The van der Waals surface area contributed by atoms with Gasteiger partial charge in [-0.1, -0.05) is 18.2 Å². The van der Waals surface area contributed by atoms with E-state index < -0.39 is 10.0 Å². The van der Waals surface area contributed by atoms with Gasteiger partial charge in [-0.3, -0.25) is 4.57 Å². The molecule has 0 spiro atoms. The molecule has 0 saturated carbocycles. The minimum absolute atomic E-state index is 0.0320. The molecule has 0 radical (unpaired) electrons. The van der Waals surface area contributed by atoms with Crippen molar-refractivity contribution in [2.24, 2.45) is 0 Å². The Morgan fingerprint density at radius 3 is 2.83 bits per heavy atom. The molecule has 1 aromatic carbocycles. The second-order valence-corrected chi connectivity index (χ2v) is 8.17. The number of hydrogen-bond donors (Lipinski definition) is 2. The van der Waals surface area contributed by atoms with E-state index in [1.54, 1.807) is 4.57 Å². The number of aromatic amines is 1. The van der Waals surface area contributed by atoms with Gasteiger partial charge >= 0.3 is 5.69 Å². The zero-order valence-corrected chi connectivity index (χ0v) is 14.7. The van der Waals surface area contributed by atoms with Crippen molar-refractivity contribution in [1.29, 1.82) is 0 Å². The normalized spacial score (nSPS) is 18.2. The average molecular weight is 350 g/mol. The molecule has 8 heteroatoms. The Labute approximate surface area is 141 Å². The number of aryl methyl sites for hydroxylation is 3. The fraction of sp³-hybridized carbons (Fsp3) is 0.500. The largest absolute Gasteiger partial charge is 0.343 e. The second-order valence-electron chi connectivity index (χ2n) is 6.42. The van der Waals surface area contributed by atoms with E-state index in [2.05, 4.69) is 14.9 Å². The molecule has 1 atom stereocenters. The quantitative estimate of drug-likeness (QED) is 0.860. The van der Waals surface area contributed by atoms with E-state index in [4.69, 9.17) is 0 Å². The van der Waals surface area contributed by atoms with E-state index in [0.717, 1.165) is 16.7 Å². The maximum absolute atomic E-state index is 12.5. The molecule has 0 aliphatic carbocycles. The van der Waals surface area contributed by atoms with E-state index in [1.165, 1.54) is 0 Å². The van der Waals surface area contributed by atoms with Crippen LogP contribution in [-0.4, -0.2) is 29.2 Å². The van der Waals surface area contributed by atoms with Crippen molar-refractivity contribution in [3.05, 3.63) is 51.2 Å². The van der Waals surface area contributed by atoms with E-state index in [9.17, 15) is 13.2 Å². The van der Waals surface area contributed by atoms with Crippen LogP contribution >= 0.6 is 0 Å². The number of nitrogens with one attached hydrogen (secondary N) is 2. The summed E-state index contributed by atoms with van der Waals surface area (Å²) >= 11 is 0. The minimum Gasteiger partial charge on any atom is -0.279 e. The van der Waals surface area contributed by atoms with Gasteiger partial charge in [0.05, 0.1) is 5.75 Å². The molecule has 1 aliphatic rings. The Hall–Kier alpha value is -1.93. The van der Waals surface area contributed by atoms with Gasteiger partial charge in [-0.25, -0.2) is 23.0 Å². The van der Waals surface area contributed by atoms with Gasteiger partial charge < -0.3 is 0 Å². The van der Waals surface area contributed by atoms with Crippen molar-refractivity contribution < 1.29 is 8.42 Å². The summed E-state index contributed by atoms with van der Waals surface area (Å²) in [6, 6.07) is 5.53. The van der Waals surface area contributed by atoms with Crippen LogP contribution in [0.5, 0.6) is 0 Å². The molecule has 0 amide bonds. The van der Waals surface area contributed by atoms with Gasteiger partial charge in [0, 0.05) is 19.0 Å². The Morgan fingerprint density at radius 1 is 1.29 bits per heavy atom. The maximum atomic E-state index is 12.5. The van der Waals surface area contributed by atoms with Gasteiger partial charge in [0.1, 0.15) is 5.82 Å². The van der Waals surface area contributed by atoms with E-state index in [1.807, 2.05) is 32.0 Å². The number of nitrogens with zero attached hydrogens (tertiary/aromatic N) is 2. The third-order valence-corrected chi connectivity index (χ3v) is 5.93. The summed E-state index contributed by atoms with van der Waals surface area (Å²) < 4.78 is 29.3. The second kappa shape index (κ2) is 6.52. The van der Waals surface area contributed by atoms with Crippen molar-refractivity contribution in [1.82, 2.24) is 19.5 Å². The molecule has 1 aromatic heterocycles. The number of fused-ring (bicyclic) bond motifs is 1. The molecule has 0 bridgehead atoms. The fourth-order valence-electron chi connectivity index (χ4n) is 3.03. The molecule has 130 valence electrons. The molecule has 0 unspecified atom stereocenters. The molecule has 2 heterocycles. The lowest BCUT2D eigenvalue weighted by Gasteiger charge is -2.16. The van der Waals surface area contributed by atoms with Crippen LogP contribution in [0.1, 0.15) is 35.4 Å². The molecule has 2 aromatic rings. The highest BCUT2D eigenvalue weighted by Crippen LogP contribution is 2.15. The first-order valence-corrected chi connectivity index (χ1v) is 9.69. The zero-order valence-electron chi connectivity index (χ0n) is 13.9. The summed E-state index contributed by atoms with van der Waals surface area (Å²) in [6.07, 6.45) is 1.80. The summed E-state index contributed by atoms with van der Waals surface area (Å²) in [5, 5.41) is 6.41. The molecule has 1 aliphatic heterocycles. The van der Waals surface area contributed by atoms with Gasteiger partial charge in [-0.2, -0.15) is 5.10 Å². The minimum atomic E-state index is -3.43. The number of aromatic nitrogens is 3. The monoisotopic (exact) mass is 350 g/mol. The van der Waals surface area contributed by atoms with Crippen LogP contribution in [0, 0.1) is 13.8 Å². The SMILES string of the molecule is Cc1ccc(CS(=O)(=O)N[C@H]2CCc3n[nH]c(=O)n3CC2)cc1C. The third kappa shape index (κ3) is 3.76. The lowest BCUT2D eigenvalue weighted by Crippen LogP contribution is -2.36. The van der Waals surface area contributed by atoms with Crippen molar-refractivity contribution >= 4 is 10.0 Å². The van der Waals surface area contributed by atoms with Crippen LogP contribution in [0.15, 0.2) is 23.0 Å². The van der Waals surface area contributed by atoms with Gasteiger partial charge in [-0.15, -0.1) is 0 Å². The standard InChI is InChI=1S/C16H22N4O3S/c1-11-3-4-13(9-12(11)2)10-24(22,23)19-14-5-6-15-17-18-16(21)20(15)8-7-14/h3-4,9,14,19H,5-8,10H2,1-2H3,(H,18,21)/t14-/m0/s1. The molecule has 0 saturated heterocycles. The Balaban J connectivity index is 1.66. The molecule has 7 nitrogen and oxygen atoms in total. The number of H-pyrrole nitrogens is 1. The number of benzene rings is 1. The summed E-state index contributed by atoms with van der Waals surface area (Å²) in [7, 11) is -3.43. The molecule has 3 rings (SSSR count). The van der Waals surface area contributed by atoms with Gasteiger partial charge in [0.25, 0.3) is 0 Å². The average Bonchev–Trinajstić information content (AvgIpc) is 2.73. The maximum Gasteiger partial charge on any atom is 0.343 e. The molecule has 0 fully saturated rings. The molecular formula is C16H22N4O3S. The summed E-state index contributed by atoms with van der Waals surface area (Å²) in [5.74, 6) is 0.659. The van der Waals surface area contributed by atoms with Crippen molar-refractivity contribution in [2.75, 3.05) is 0 Å². The Morgan fingerprint density at radius 2 is 2.08 bits per heavy atom. The van der Waals surface area contributed by atoms with Crippen molar-refractivity contribution in [3.8, 4) is 0 Å². The molecule has 2 N–H and O–H groups in total. The van der Waals surface area contributed by atoms with Gasteiger partial charge in [0.2, 0.25) is 10.0 Å². The predicted molar refractivity (Wildman–Crippen MR) is 91.2 cm³/mol. The van der Waals surface area contributed by atoms with Gasteiger partial charge in [-0.05, 0) is 43.4 Å².